The molecule has 0 unspecified atom stereocenters. The minimum Gasteiger partial charge on any atom is -0.484 e. The Morgan fingerprint density at radius 2 is 1.73 bits per heavy atom. The second kappa shape index (κ2) is 10.1. The highest BCUT2D eigenvalue weighted by Crippen LogP contribution is 2.40. The van der Waals surface area contributed by atoms with E-state index >= 15 is 0 Å². The number of rotatable bonds is 8. The lowest BCUT2D eigenvalue weighted by Gasteiger charge is -2.09. The third-order valence-electron chi connectivity index (χ3n) is 4.62. The number of hydrogen-bond acceptors (Lipinski definition) is 5. The van der Waals surface area contributed by atoms with Gasteiger partial charge in [0.05, 0.1) is 7.11 Å². The fourth-order valence-electron chi connectivity index (χ4n) is 3.23. The van der Waals surface area contributed by atoms with Crippen LogP contribution in [0.15, 0.2) is 54.6 Å². The minimum absolute atomic E-state index is 0.147. The average molecular weight is 424 g/mol. The molecule has 0 bridgehead atoms. The first-order valence-corrected chi connectivity index (χ1v) is 10.6. The zero-order chi connectivity index (χ0) is 21.5. The van der Waals surface area contributed by atoms with Crippen LogP contribution >= 0.6 is 11.3 Å². The zero-order valence-electron chi connectivity index (χ0n) is 17.4. The smallest absolute Gasteiger partial charge is 0.341 e. The molecule has 1 aromatic heterocycles. The molecule has 0 aliphatic rings. The van der Waals surface area contributed by atoms with E-state index in [0.717, 1.165) is 28.8 Å². The molecule has 0 atom stereocenters. The lowest BCUT2D eigenvalue weighted by atomic mass is 10.0. The number of carbonyl (C=O) groups excluding carboxylic acids is 2. The molecular weight excluding hydrogens is 398 g/mol. The van der Waals surface area contributed by atoms with Crippen LogP contribution in [-0.4, -0.2) is 25.6 Å². The summed E-state index contributed by atoms with van der Waals surface area (Å²) in [5.41, 5.74) is 3.27. The number of amides is 1. The number of anilines is 1. The van der Waals surface area contributed by atoms with Gasteiger partial charge in [0.25, 0.3) is 5.91 Å². The van der Waals surface area contributed by atoms with Crippen molar-refractivity contribution < 1.29 is 19.1 Å². The van der Waals surface area contributed by atoms with Crippen molar-refractivity contribution in [2.75, 3.05) is 19.0 Å². The van der Waals surface area contributed by atoms with Crippen molar-refractivity contribution >= 4 is 28.2 Å². The van der Waals surface area contributed by atoms with E-state index in [1.54, 1.807) is 0 Å². The van der Waals surface area contributed by atoms with Gasteiger partial charge in [-0.3, -0.25) is 4.79 Å². The second-order valence-electron chi connectivity index (χ2n) is 6.83. The van der Waals surface area contributed by atoms with Gasteiger partial charge >= 0.3 is 5.97 Å². The topological polar surface area (TPSA) is 64.6 Å². The molecule has 5 nitrogen and oxygen atoms in total. The van der Waals surface area contributed by atoms with Gasteiger partial charge in [-0.05, 0) is 36.6 Å². The molecule has 3 rings (SSSR count). The molecule has 1 N–H and O–H groups in total. The Morgan fingerprint density at radius 1 is 1.03 bits per heavy atom. The van der Waals surface area contributed by atoms with Crippen LogP contribution in [0.5, 0.6) is 5.75 Å². The van der Waals surface area contributed by atoms with Crippen molar-refractivity contribution in [3.05, 3.63) is 70.6 Å². The van der Waals surface area contributed by atoms with Crippen LogP contribution in [-0.2, 0) is 16.0 Å². The summed E-state index contributed by atoms with van der Waals surface area (Å²) >= 11 is 1.35. The summed E-state index contributed by atoms with van der Waals surface area (Å²) in [6.45, 7) is 3.90. The molecule has 0 aliphatic carbocycles. The molecule has 0 spiro atoms. The molecule has 1 amide bonds. The van der Waals surface area contributed by atoms with Crippen molar-refractivity contribution in [2.24, 2.45) is 0 Å². The molecule has 156 valence electrons. The van der Waals surface area contributed by atoms with Gasteiger partial charge in [-0.2, -0.15) is 0 Å². The molecular formula is C24H25NO4S. The largest absolute Gasteiger partial charge is 0.484 e. The summed E-state index contributed by atoms with van der Waals surface area (Å²) in [5, 5.41) is 3.28. The normalized spacial score (nSPS) is 10.5. The Bertz CT molecular complexity index is 1010. The third kappa shape index (κ3) is 5.07. The SMILES string of the molecule is CCCc1ccc(OCC(=O)Nc2sc(C)c(-c3ccccc3)c2C(=O)OC)cc1. The third-order valence-corrected chi connectivity index (χ3v) is 5.64. The number of ether oxygens (including phenoxy) is 2. The van der Waals surface area contributed by atoms with Gasteiger partial charge in [0.1, 0.15) is 16.3 Å². The predicted molar refractivity (Wildman–Crippen MR) is 120 cm³/mol. The Labute approximate surface area is 180 Å². The number of aryl methyl sites for hydroxylation is 2. The molecule has 0 saturated carbocycles. The molecule has 3 aromatic rings. The van der Waals surface area contributed by atoms with E-state index in [9.17, 15) is 9.59 Å². The monoisotopic (exact) mass is 423 g/mol. The van der Waals surface area contributed by atoms with Crippen LogP contribution in [0.1, 0.15) is 34.1 Å². The van der Waals surface area contributed by atoms with Gasteiger partial charge in [0, 0.05) is 10.4 Å². The minimum atomic E-state index is -0.485. The highest BCUT2D eigenvalue weighted by Gasteiger charge is 2.25. The quantitative estimate of drug-likeness (QED) is 0.487. The molecule has 0 aliphatic heterocycles. The van der Waals surface area contributed by atoms with Crippen LogP contribution in [0, 0.1) is 6.92 Å². The standard InChI is InChI=1S/C24H25NO4S/c1-4-8-17-11-13-19(14-12-17)29-15-20(26)25-23-22(24(27)28-3)21(16(2)30-23)18-9-6-5-7-10-18/h5-7,9-14H,4,8,15H2,1-3H3,(H,25,26). The lowest BCUT2D eigenvalue weighted by Crippen LogP contribution is -2.21. The highest BCUT2D eigenvalue weighted by atomic mass is 32.1. The van der Waals surface area contributed by atoms with Crippen LogP contribution in [0.2, 0.25) is 0 Å². The van der Waals surface area contributed by atoms with Crippen molar-refractivity contribution in [3.63, 3.8) is 0 Å². The molecule has 6 heteroatoms. The average Bonchev–Trinajstić information content (AvgIpc) is 3.09. The maximum absolute atomic E-state index is 12.5. The van der Waals surface area contributed by atoms with Crippen LogP contribution in [0.3, 0.4) is 0 Å². The van der Waals surface area contributed by atoms with Gasteiger partial charge in [-0.25, -0.2) is 4.79 Å². The lowest BCUT2D eigenvalue weighted by molar-refractivity contribution is -0.118. The number of hydrogen-bond donors (Lipinski definition) is 1. The first-order chi connectivity index (χ1) is 14.5. The maximum Gasteiger partial charge on any atom is 0.341 e. The summed E-state index contributed by atoms with van der Waals surface area (Å²) in [4.78, 5) is 25.9. The van der Waals surface area contributed by atoms with E-state index in [2.05, 4.69) is 12.2 Å². The summed E-state index contributed by atoms with van der Waals surface area (Å²) in [7, 11) is 1.33. The molecule has 0 radical (unpaired) electrons. The Morgan fingerprint density at radius 3 is 2.37 bits per heavy atom. The van der Waals surface area contributed by atoms with Crippen molar-refractivity contribution in [1.29, 1.82) is 0 Å². The van der Waals surface area contributed by atoms with E-state index in [-0.39, 0.29) is 12.5 Å². The predicted octanol–water partition coefficient (Wildman–Crippen LogP) is 5.48. The zero-order valence-corrected chi connectivity index (χ0v) is 18.2. The summed E-state index contributed by atoms with van der Waals surface area (Å²) < 4.78 is 10.6. The molecule has 0 saturated heterocycles. The second-order valence-corrected chi connectivity index (χ2v) is 8.05. The van der Waals surface area contributed by atoms with E-state index in [1.807, 2.05) is 61.5 Å². The number of carbonyl (C=O) groups is 2. The fraction of sp³-hybridized carbons (Fsp3) is 0.250. The Kier molecular flexibility index (Phi) is 7.25. The summed E-state index contributed by atoms with van der Waals surface area (Å²) in [6, 6.07) is 17.3. The van der Waals surface area contributed by atoms with Crippen molar-refractivity contribution in [2.45, 2.75) is 26.7 Å². The molecule has 0 fully saturated rings. The van der Waals surface area contributed by atoms with Gasteiger partial charge in [0.15, 0.2) is 6.61 Å². The highest BCUT2D eigenvalue weighted by molar-refractivity contribution is 7.17. The fourth-order valence-corrected chi connectivity index (χ4v) is 4.32. The first-order valence-electron chi connectivity index (χ1n) is 9.82. The van der Waals surface area contributed by atoms with Gasteiger partial charge in [-0.1, -0.05) is 55.8 Å². The van der Waals surface area contributed by atoms with E-state index in [0.29, 0.717) is 16.3 Å². The number of esters is 1. The van der Waals surface area contributed by atoms with Crippen LogP contribution in [0.4, 0.5) is 5.00 Å². The number of methoxy groups -OCH3 is 1. The first kappa shape index (κ1) is 21.6. The Balaban J connectivity index is 1.75. The van der Waals surface area contributed by atoms with E-state index in [1.165, 1.54) is 24.0 Å². The van der Waals surface area contributed by atoms with E-state index < -0.39 is 5.97 Å². The molecule has 2 aromatic carbocycles. The number of thiophene rings is 1. The van der Waals surface area contributed by atoms with Crippen LogP contribution < -0.4 is 10.1 Å². The van der Waals surface area contributed by atoms with Gasteiger partial charge < -0.3 is 14.8 Å². The summed E-state index contributed by atoms with van der Waals surface area (Å²) in [5.74, 6) is -0.190. The van der Waals surface area contributed by atoms with Crippen molar-refractivity contribution in [1.82, 2.24) is 0 Å². The van der Waals surface area contributed by atoms with Crippen molar-refractivity contribution in [3.8, 4) is 16.9 Å². The number of benzene rings is 2. The van der Waals surface area contributed by atoms with Crippen LogP contribution in [0.25, 0.3) is 11.1 Å². The molecule has 30 heavy (non-hydrogen) atoms. The summed E-state index contributed by atoms with van der Waals surface area (Å²) in [6.07, 6.45) is 2.09. The van der Waals surface area contributed by atoms with E-state index in [4.69, 9.17) is 9.47 Å². The van der Waals surface area contributed by atoms with Gasteiger partial charge in [0.2, 0.25) is 0 Å². The number of nitrogens with one attached hydrogen (secondary N) is 1. The maximum atomic E-state index is 12.5. The van der Waals surface area contributed by atoms with Gasteiger partial charge in [-0.15, -0.1) is 11.3 Å². The Hall–Kier alpha value is -3.12. The molecule has 1 heterocycles.